The fraction of sp³-hybridized carbons (Fsp3) is 0.167. The van der Waals surface area contributed by atoms with Crippen LogP contribution < -0.4 is 0 Å². The van der Waals surface area contributed by atoms with E-state index >= 15 is 0 Å². The van der Waals surface area contributed by atoms with E-state index in [0.29, 0.717) is 33.7 Å². The molecule has 7 nitrogen and oxygen atoms in total. The second-order valence-electron chi connectivity index (χ2n) is 7.62. The van der Waals surface area contributed by atoms with Crippen molar-refractivity contribution in [2.75, 3.05) is 0 Å². The Kier molecular flexibility index (Phi) is 5.00. The van der Waals surface area contributed by atoms with Crippen LogP contribution in [0.4, 0.5) is 0 Å². The van der Waals surface area contributed by atoms with Gasteiger partial charge >= 0.3 is 0 Å². The van der Waals surface area contributed by atoms with E-state index in [2.05, 4.69) is 21.1 Å². The van der Waals surface area contributed by atoms with Gasteiger partial charge in [0.1, 0.15) is 18.0 Å². The van der Waals surface area contributed by atoms with Crippen LogP contribution in [-0.2, 0) is 22.0 Å². The lowest BCUT2D eigenvalue weighted by Crippen LogP contribution is -2.43. The number of carbonyl (C=O) groups excluding carboxylic acids is 1. The van der Waals surface area contributed by atoms with Gasteiger partial charge in [-0.3, -0.25) is 9.63 Å². The van der Waals surface area contributed by atoms with Crippen molar-refractivity contribution in [2.24, 2.45) is 0 Å². The highest BCUT2D eigenvalue weighted by molar-refractivity contribution is 9.10. The topological polar surface area (TPSA) is 88.9 Å². The molecular formula is C24H19BrN2O5. The lowest BCUT2D eigenvalue weighted by Gasteiger charge is -2.29. The van der Waals surface area contributed by atoms with E-state index in [0.717, 1.165) is 14.9 Å². The van der Waals surface area contributed by atoms with Crippen molar-refractivity contribution >= 4 is 38.4 Å². The first-order valence-corrected chi connectivity index (χ1v) is 10.8. The molecule has 0 saturated heterocycles. The number of benzene rings is 2. The Hall–Kier alpha value is -3.20. The van der Waals surface area contributed by atoms with Crippen molar-refractivity contribution in [3.8, 4) is 0 Å². The van der Waals surface area contributed by atoms with Crippen molar-refractivity contribution < 1.29 is 23.7 Å². The molecule has 0 aliphatic carbocycles. The first-order chi connectivity index (χ1) is 15.4. The molecule has 1 N–H and O–H groups in total. The fourth-order valence-corrected chi connectivity index (χ4v) is 4.18. The lowest BCUT2D eigenvalue weighted by atomic mass is 10.0. The maximum absolute atomic E-state index is 13.4. The Morgan fingerprint density at radius 3 is 2.69 bits per heavy atom. The maximum Gasteiger partial charge on any atom is 0.281 e. The molecule has 0 radical (unpaired) electrons. The highest BCUT2D eigenvalue weighted by atomic mass is 79.9. The predicted octanol–water partition coefficient (Wildman–Crippen LogP) is 5.00. The van der Waals surface area contributed by atoms with Crippen LogP contribution in [0.1, 0.15) is 28.3 Å². The molecule has 2 aromatic carbocycles. The summed E-state index contributed by atoms with van der Waals surface area (Å²) in [5, 5.41) is 17.4. The third-order valence-corrected chi connectivity index (χ3v) is 6.01. The summed E-state index contributed by atoms with van der Waals surface area (Å²) >= 11 is 3.43. The number of para-hydroxylation sites is 1. The number of aromatic nitrogens is 1. The van der Waals surface area contributed by atoms with Crippen LogP contribution >= 0.6 is 15.9 Å². The third kappa shape index (κ3) is 3.37. The van der Waals surface area contributed by atoms with Gasteiger partial charge < -0.3 is 14.0 Å². The largest absolute Gasteiger partial charge is 0.455 e. The molecule has 1 atom stereocenters. The van der Waals surface area contributed by atoms with Gasteiger partial charge in [-0.1, -0.05) is 51.4 Å². The minimum Gasteiger partial charge on any atom is -0.455 e. The number of aryl methyl sites for hydroxylation is 2. The average molecular weight is 495 g/mol. The van der Waals surface area contributed by atoms with Crippen LogP contribution in [0.25, 0.3) is 16.5 Å². The number of amides is 1. The van der Waals surface area contributed by atoms with Gasteiger partial charge in [0.05, 0.1) is 11.3 Å². The number of hydroxylamine groups is 2. The van der Waals surface area contributed by atoms with Crippen molar-refractivity contribution in [2.45, 2.75) is 26.2 Å². The number of fused-ring (bicyclic) bond motifs is 1. The van der Waals surface area contributed by atoms with Gasteiger partial charge in [0, 0.05) is 15.4 Å². The molecule has 0 saturated carbocycles. The zero-order valence-corrected chi connectivity index (χ0v) is 18.9. The van der Waals surface area contributed by atoms with Gasteiger partial charge in [-0.15, -0.1) is 0 Å². The molecule has 32 heavy (non-hydrogen) atoms. The number of carbonyl (C=O) groups is 1. The Balaban J connectivity index is 1.59. The predicted molar refractivity (Wildman–Crippen MR) is 120 cm³/mol. The summed E-state index contributed by atoms with van der Waals surface area (Å²) in [6.07, 6.45) is 1.46. The molecule has 0 bridgehead atoms. The van der Waals surface area contributed by atoms with Crippen LogP contribution in [-0.4, -0.2) is 21.2 Å². The van der Waals surface area contributed by atoms with Gasteiger partial charge in [-0.25, -0.2) is 0 Å². The minimum absolute atomic E-state index is 0.00491. The van der Waals surface area contributed by atoms with E-state index in [-0.39, 0.29) is 12.4 Å². The Bertz CT molecular complexity index is 1320. The number of halogens is 1. The van der Waals surface area contributed by atoms with Crippen LogP contribution in [0, 0.1) is 13.8 Å². The normalized spacial score (nSPS) is 18.6. The molecule has 3 heterocycles. The Morgan fingerprint density at radius 1 is 1.16 bits per heavy atom. The van der Waals surface area contributed by atoms with Gasteiger partial charge in [-0.05, 0) is 49.8 Å². The van der Waals surface area contributed by atoms with E-state index in [1.807, 2.05) is 30.3 Å². The summed E-state index contributed by atoms with van der Waals surface area (Å²) in [7, 11) is 0. The molecule has 0 spiro atoms. The van der Waals surface area contributed by atoms with Crippen molar-refractivity contribution in [3.63, 3.8) is 0 Å². The quantitative estimate of drug-likeness (QED) is 0.419. The summed E-state index contributed by atoms with van der Waals surface area (Å²) in [6.45, 7) is 3.55. The summed E-state index contributed by atoms with van der Waals surface area (Å²) in [5.41, 5.74) is 0.961. The van der Waals surface area contributed by atoms with Crippen LogP contribution in [0.2, 0.25) is 0 Å². The number of rotatable bonds is 5. The zero-order chi connectivity index (χ0) is 22.5. The molecule has 2 aromatic heterocycles. The van der Waals surface area contributed by atoms with Crippen LogP contribution in [0.15, 0.2) is 74.1 Å². The standard InChI is InChI=1S/C24H19BrN2O5/c1-14-20(15(2)32-26-14)13-30-27-23(28)19(16-7-5-8-18(25)10-16)12-24(27,29)22-11-17-6-3-4-9-21(17)31-22/h3-12,29H,13H2,1-2H3. The van der Waals surface area contributed by atoms with E-state index in [1.165, 1.54) is 6.08 Å². The second kappa shape index (κ2) is 7.74. The molecule has 162 valence electrons. The fourth-order valence-electron chi connectivity index (χ4n) is 3.78. The Labute approximate surface area is 191 Å². The maximum atomic E-state index is 13.4. The van der Waals surface area contributed by atoms with Gasteiger partial charge in [0.25, 0.3) is 5.91 Å². The molecule has 1 aliphatic rings. The molecule has 4 aromatic rings. The van der Waals surface area contributed by atoms with Gasteiger partial charge in [0.15, 0.2) is 5.76 Å². The first-order valence-electron chi connectivity index (χ1n) is 9.96. The van der Waals surface area contributed by atoms with Crippen molar-refractivity contribution in [1.29, 1.82) is 0 Å². The van der Waals surface area contributed by atoms with Gasteiger partial charge in [0.2, 0.25) is 5.72 Å². The van der Waals surface area contributed by atoms with Crippen molar-refractivity contribution in [1.82, 2.24) is 10.2 Å². The molecule has 1 unspecified atom stereocenters. The zero-order valence-electron chi connectivity index (χ0n) is 17.3. The number of nitrogens with zero attached hydrogens (tertiary/aromatic N) is 2. The van der Waals surface area contributed by atoms with Gasteiger partial charge in [-0.2, -0.15) is 5.06 Å². The molecular weight excluding hydrogens is 476 g/mol. The highest BCUT2D eigenvalue weighted by Gasteiger charge is 2.49. The molecule has 5 rings (SSSR count). The van der Waals surface area contributed by atoms with Crippen LogP contribution in [0.5, 0.6) is 0 Å². The molecule has 0 fully saturated rings. The third-order valence-electron chi connectivity index (χ3n) is 5.51. The summed E-state index contributed by atoms with van der Waals surface area (Å²) in [4.78, 5) is 19.3. The number of aliphatic hydroxyl groups is 1. The number of hydrogen-bond donors (Lipinski definition) is 1. The van der Waals surface area contributed by atoms with E-state index in [4.69, 9.17) is 13.8 Å². The Morgan fingerprint density at radius 2 is 1.97 bits per heavy atom. The molecule has 1 aliphatic heterocycles. The monoisotopic (exact) mass is 494 g/mol. The highest BCUT2D eigenvalue weighted by Crippen LogP contribution is 2.42. The average Bonchev–Trinajstić information content (AvgIpc) is 3.43. The van der Waals surface area contributed by atoms with E-state index < -0.39 is 11.6 Å². The number of hydrogen-bond acceptors (Lipinski definition) is 6. The first kappa shape index (κ1) is 20.7. The van der Waals surface area contributed by atoms with E-state index in [9.17, 15) is 9.90 Å². The summed E-state index contributed by atoms with van der Waals surface area (Å²) in [6, 6.07) is 16.4. The van der Waals surface area contributed by atoms with Crippen molar-refractivity contribution in [3.05, 3.63) is 93.5 Å². The smallest absolute Gasteiger partial charge is 0.281 e. The minimum atomic E-state index is -1.94. The summed E-state index contributed by atoms with van der Waals surface area (Å²) in [5.74, 6) is 0.273. The molecule has 1 amide bonds. The second-order valence-corrected chi connectivity index (χ2v) is 8.53. The van der Waals surface area contributed by atoms with Crippen LogP contribution in [0.3, 0.4) is 0 Å². The van der Waals surface area contributed by atoms with E-state index in [1.54, 1.807) is 38.1 Å². The molecule has 8 heteroatoms. The number of furan rings is 1. The summed E-state index contributed by atoms with van der Waals surface area (Å²) < 4.78 is 11.9. The lowest BCUT2D eigenvalue weighted by molar-refractivity contribution is -0.267. The SMILES string of the molecule is Cc1noc(C)c1CON1C(=O)C(c2cccc(Br)c2)=CC1(O)c1cc2ccccc2o1.